The minimum atomic E-state index is 0.751. The van der Waals surface area contributed by atoms with E-state index in [2.05, 4.69) is 0 Å². The molecule has 4 heteroatoms. The SMILES string of the molecule is CSc1ccc2c(N)csc2c1C=O. The van der Waals surface area contributed by atoms with E-state index >= 15 is 0 Å². The lowest BCUT2D eigenvalue weighted by molar-refractivity contribution is 0.112. The second-order valence-electron chi connectivity index (χ2n) is 2.87. The van der Waals surface area contributed by atoms with Crippen LogP contribution in [0.3, 0.4) is 0 Å². The Kier molecular flexibility index (Phi) is 2.48. The number of nitrogens with two attached hydrogens (primary N) is 1. The van der Waals surface area contributed by atoms with Gasteiger partial charge in [-0.3, -0.25) is 4.79 Å². The van der Waals surface area contributed by atoms with Crippen molar-refractivity contribution in [1.82, 2.24) is 0 Å². The minimum absolute atomic E-state index is 0.751. The fourth-order valence-corrected chi connectivity index (χ4v) is 3.02. The van der Waals surface area contributed by atoms with Crippen LogP contribution in [0.5, 0.6) is 0 Å². The molecule has 0 spiro atoms. The Morgan fingerprint density at radius 2 is 2.29 bits per heavy atom. The molecule has 14 heavy (non-hydrogen) atoms. The summed E-state index contributed by atoms with van der Waals surface area (Å²) in [7, 11) is 0. The van der Waals surface area contributed by atoms with Crippen LogP contribution in [0.1, 0.15) is 10.4 Å². The van der Waals surface area contributed by atoms with Crippen molar-refractivity contribution in [3.8, 4) is 0 Å². The van der Waals surface area contributed by atoms with Gasteiger partial charge in [0.25, 0.3) is 0 Å². The third-order valence-electron chi connectivity index (χ3n) is 2.11. The summed E-state index contributed by atoms with van der Waals surface area (Å²) in [5.74, 6) is 0. The third kappa shape index (κ3) is 1.31. The van der Waals surface area contributed by atoms with E-state index in [1.807, 2.05) is 23.8 Å². The molecule has 0 amide bonds. The first-order valence-electron chi connectivity index (χ1n) is 4.06. The second-order valence-corrected chi connectivity index (χ2v) is 4.59. The molecule has 0 aliphatic heterocycles. The average Bonchev–Trinajstić information content (AvgIpc) is 2.59. The maximum atomic E-state index is 11.0. The van der Waals surface area contributed by atoms with Crippen LogP contribution in [-0.4, -0.2) is 12.5 Å². The molecule has 0 aliphatic carbocycles. The fourth-order valence-electron chi connectivity index (χ4n) is 1.41. The molecule has 2 nitrogen and oxygen atoms in total. The summed E-state index contributed by atoms with van der Waals surface area (Å²) < 4.78 is 0.990. The molecular formula is C10H9NOS2. The van der Waals surface area contributed by atoms with Crippen molar-refractivity contribution in [3.63, 3.8) is 0 Å². The van der Waals surface area contributed by atoms with Crippen LogP contribution in [0.4, 0.5) is 5.69 Å². The van der Waals surface area contributed by atoms with Crippen molar-refractivity contribution in [3.05, 3.63) is 23.1 Å². The third-order valence-corrected chi connectivity index (χ3v) is 3.95. The second kappa shape index (κ2) is 3.63. The average molecular weight is 223 g/mol. The number of fused-ring (bicyclic) bond motifs is 1. The summed E-state index contributed by atoms with van der Waals surface area (Å²) in [6.45, 7) is 0. The Morgan fingerprint density at radius 1 is 1.50 bits per heavy atom. The molecule has 0 saturated carbocycles. The van der Waals surface area contributed by atoms with Crippen molar-refractivity contribution in [1.29, 1.82) is 0 Å². The van der Waals surface area contributed by atoms with Crippen LogP contribution in [0.25, 0.3) is 10.1 Å². The Hall–Kier alpha value is -1.00. The number of nitrogen functional groups attached to an aromatic ring is 1. The highest BCUT2D eigenvalue weighted by atomic mass is 32.2. The number of hydrogen-bond donors (Lipinski definition) is 1. The molecule has 0 unspecified atom stereocenters. The Balaban J connectivity index is 2.84. The zero-order valence-corrected chi connectivity index (χ0v) is 9.24. The number of rotatable bonds is 2. The van der Waals surface area contributed by atoms with Gasteiger partial charge in [0.2, 0.25) is 0 Å². The highest BCUT2D eigenvalue weighted by Gasteiger charge is 2.09. The van der Waals surface area contributed by atoms with Crippen LogP contribution in [0.15, 0.2) is 22.4 Å². The normalized spacial score (nSPS) is 10.6. The molecule has 0 aliphatic rings. The molecule has 0 saturated heterocycles. The molecule has 2 N–H and O–H groups in total. The van der Waals surface area contributed by atoms with Crippen LogP contribution < -0.4 is 5.73 Å². The van der Waals surface area contributed by atoms with Gasteiger partial charge in [-0.2, -0.15) is 0 Å². The molecule has 0 bridgehead atoms. The lowest BCUT2D eigenvalue weighted by Crippen LogP contribution is -1.86. The van der Waals surface area contributed by atoms with Gasteiger partial charge >= 0.3 is 0 Å². The van der Waals surface area contributed by atoms with E-state index in [0.717, 1.165) is 32.5 Å². The summed E-state index contributed by atoms with van der Waals surface area (Å²) in [5.41, 5.74) is 7.29. The van der Waals surface area contributed by atoms with Crippen molar-refractivity contribution in [2.45, 2.75) is 4.90 Å². The number of aldehydes is 1. The zero-order valence-electron chi connectivity index (χ0n) is 7.61. The number of carbonyl (C=O) groups excluding carboxylic acids is 1. The van der Waals surface area contributed by atoms with E-state index in [4.69, 9.17) is 5.73 Å². The van der Waals surface area contributed by atoms with Gasteiger partial charge in [-0.25, -0.2) is 0 Å². The molecule has 1 aromatic carbocycles. The molecule has 1 heterocycles. The van der Waals surface area contributed by atoms with Crippen LogP contribution in [-0.2, 0) is 0 Å². The summed E-state index contributed by atoms with van der Waals surface area (Å²) in [6.07, 6.45) is 2.87. The van der Waals surface area contributed by atoms with Gasteiger partial charge in [0.05, 0.1) is 5.69 Å². The molecular weight excluding hydrogens is 214 g/mol. The van der Waals surface area contributed by atoms with Crippen molar-refractivity contribution < 1.29 is 4.79 Å². The highest BCUT2D eigenvalue weighted by molar-refractivity contribution is 7.98. The van der Waals surface area contributed by atoms with Crippen LogP contribution in [0, 0.1) is 0 Å². The monoisotopic (exact) mass is 223 g/mol. The van der Waals surface area contributed by atoms with E-state index in [-0.39, 0.29) is 0 Å². The first kappa shape index (κ1) is 9.55. The van der Waals surface area contributed by atoms with Crippen molar-refractivity contribution in [2.24, 2.45) is 0 Å². The Bertz CT molecular complexity index is 490. The van der Waals surface area contributed by atoms with Crippen molar-refractivity contribution in [2.75, 3.05) is 12.0 Å². The largest absolute Gasteiger partial charge is 0.398 e. The molecule has 2 aromatic rings. The summed E-state index contributed by atoms with van der Waals surface area (Å²) >= 11 is 3.10. The molecule has 0 fully saturated rings. The summed E-state index contributed by atoms with van der Waals surface area (Å²) in [6, 6.07) is 3.92. The molecule has 2 rings (SSSR count). The van der Waals surface area contributed by atoms with E-state index < -0.39 is 0 Å². The van der Waals surface area contributed by atoms with Gasteiger partial charge < -0.3 is 5.73 Å². The number of anilines is 1. The Labute approximate surface area is 90.1 Å². The van der Waals surface area contributed by atoms with Gasteiger partial charge in [-0.15, -0.1) is 23.1 Å². The van der Waals surface area contributed by atoms with E-state index in [1.165, 1.54) is 11.3 Å². The zero-order chi connectivity index (χ0) is 10.1. The topological polar surface area (TPSA) is 43.1 Å². The van der Waals surface area contributed by atoms with Gasteiger partial charge in [0.15, 0.2) is 6.29 Å². The standard InChI is InChI=1S/C10H9NOS2/c1-13-9-3-2-6-8(11)5-14-10(6)7(9)4-12/h2-5H,11H2,1H3. The predicted octanol–water partition coefficient (Wildman–Crippen LogP) is 3.02. The number of carbonyl (C=O) groups is 1. The van der Waals surface area contributed by atoms with E-state index in [1.54, 1.807) is 11.8 Å². The van der Waals surface area contributed by atoms with Gasteiger partial charge in [-0.05, 0) is 12.3 Å². The predicted molar refractivity (Wildman–Crippen MR) is 63.4 cm³/mol. The van der Waals surface area contributed by atoms with Gasteiger partial charge in [-0.1, -0.05) is 6.07 Å². The summed E-state index contributed by atoms with van der Waals surface area (Å²) in [4.78, 5) is 12.0. The number of thioether (sulfide) groups is 1. The Morgan fingerprint density at radius 3 is 2.93 bits per heavy atom. The van der Waals surface area contributed by atoms with E-state index in [9.17, 15) is 4.79 Å². The van der Waals surface area contributed by atoms with Gasteiger partial charge in [0, 0.05) is 25.9 Å². The van der Waals surface area contributed by atoms with E-state index in [0.29, 0.717) is 0 Å². The molecule has 72 valence electrons. The number of hydrogen-bond acceptors (Lipinski definition) is 4. The lowest BCUT2D eigenvalue weighted by Gasteiger charge is -2.01. The van der Waals surface area contributed by atoms with Crippen LogP contribution >= 0.6 is 23.1 Å². The highest BCUT2D eigenvalue weighted by Crippen LogP contribution is 2.34. The first-order valence-corrected chi connectivity index (χ1v) is 6.17. The fraction of sp³-hybridized carbons (Fsp3) is 0.100. The maximum absolute atomic E-state index is 11.0. The van der Waals surface area contributed by atoms with Crippen LogP contribution in [0.2, 0.25) is 0 Å². The number of benzene rings is 1. The molecule has 0 atom stereocenters. The maximum Gasteiger partial charge on any atom is 0.152 e. The first-order chi connectivity index (χ1) is 6.77. The smallest absolute Gasteiger partial charge is 0.152 e. The lowest BCUT2D eigenvalue weighted by atomic mass is 10.1. The molecule has 1 aromatic heterocycles. The molecule has 0 radical (unpaired) electrons. The van der Waals surface area contributed by atoms with Gasteiger partial charge in [0.1, 0.15) is 0 Å². The minimum Gasteiger partial charge on any atom is -0.398 e. The van der Waals surface area contributed by atoms with Crippen molar-refractivity contribution >= 4 is 45.2 Å². The number of thiophene rings is 1. The summed E-state index contributed by atoms with van der Waals surface area (Å²) in [5, 5.41) is 2.86. The quantitative estimate of drug-likeness (QED) is 0.628.